The summed E-state index contributed by atoms with van der Waals surface area (Å²) in [4.78, 5) is 22.7. The van der Waals surface area contributed by atoms with Crippen molar-refractivity contribution in [2.24, 2.45) is 11.8 Å². The quantitative estimate of drug-likeness (QED) is 0.736. The Kier molecular flexibility index (Phi) is 4.55. The van der Waals surface area contributed by atoms with E-state index in [2.05, 4.69) is 11.9 Å². The van der Waals surface area contributed by atoms with E-state index in [4.69, 9.17) is 16.7 Å². The van der Waals surface area contributed by atoms with E-state index in [1.165, 1.54) is 0 Å². The lowest BCUT2D eigenvalue weighted by molar-refractivity contribution is -0.147. The lowest BCUT2D eigenvalue weighted by Crippen LogP contribution is -2.39. The molecule has 0 aromatic carbocycles. The first-order valence-electron chi connectivity index (χ1n) is 5.01. The summed E-state index contributed by atoms with van der Waals surface area (Å²) in [5.41, 5.74) is 0. The summed E-state index contributed by atoms with van der Waals surface area (Å²) in [7, 11) is 0. The first-order valence-corrected chi connectivity index (χ1v) is 5.39. The monoisotopic (exact) mass is 243 g/mol. The van der Waals surface area contributed by atoms with E-state index in [-0.39, 0.29) is 12.5 Å². The van der Waals surface area contributed by atoms with Crippen molar-refractivity contribution in [1.82, 2.24) is 5.32 Å². The van der Waals surface area contributed by atoms with E-state index in [1.807, 2.05) is 6.08 Å². The highest BCUT2D eigenvalue weighted by atomic mass is 35.5. The molecule has 0 spiro atoms. The van der Waals surface area contributed by atoms with Crippen LogP contribution in [0.3, 0.4) is 0 Å². The second-order valence-electron chi connectivity index (χ2n) is 3.73. The first kappa shape index (κ1) is 12.8. The minimum absolute atomic E-state index is 0.174. The van der Waals surface area contributed by atoms with E-state index >= 15 is 0 Å². The van der Waals surface area contributed by atoms with Gasteiger partial charge in [0.25, 0.3) is 0 Å². The van der Waals surface area contributed by atoms with Crippen molar-refractivity contribution in [2.75, 3.05) is 6.54 Å². The van der Waals surface area contributed by atoms with Crippen LogP contribution in [0.5, 0.6) is 0 Å². The number of aliphatic carboxylic acids is 1. The molecular weight excluding hydrogens is 230 g/mol. The van der Waals surface area contributed by atoms with Crippen molar-refractivity contribution in [3.8, 4) is 0 Å². The van der Waals surface area contributed by atoms with Gasteiger partial charge in [-0.1, -0.05) is 30.3 Å². The molecule has 1 amide bonds. The first-order chi connectivity index (χ1) is 7.52. The fourth-order valence-electron chi connectivity index (χ4n) is 1.69. The summed E-state index contributed by atoms with van der Waals surface area (Å²) < 4.78 is 0. The SMILES string of the molecule is C=C(Cl)CNC(=O)C1CC=CCC1C(=O)O. The number of hydrogen-bond donors (Lipinski definition) is 2. The molecule has 0 saturated carbocycles. The number of allylic oxidation sites excluding steroid dienone is 2. The Morgan fingerprint density at radius 3 is 2.44 bits per heavy atom. The summed E-state index contributed by atoms with van der Waals surface area (Å²) in [5.74, 6) is -2.38. The Hall–Kier alpha value is -1.29. The summed E-state index contributed by atoms with van der Waals surface area (Å²) >= 11 is 5.52. The van der Waals surface area contributed by atoms with Crippen LogP contribution >= 0.6 is 11.6 Å². The maximum absolute atomic E-state index is 11.7. The summed E-state index contributed by atoms with van der Waals surface area (Å²) in [6, 6.07) is 0. The number of carbonyl (C=O) groups is 2. The summed E-state index contributed by atoms with van der Waals surface area (Å²) in [6.45, 7) is 3.62. The number of carboxylic acid groups (broad SMARTS) is 1. The number of halogens is 1. The molecule has 0 saturated heterocycles. The van der Waals surface area contributed by atoms with E-state index in [0.717, 1.165) is 0 Å². The molecular formula is C11H14ClNO3. The third-order valence-corrected chi connectivity index (χ3v) is 2.67. The van der Waals surface area contributed by atoms with Crippen LogP contribution in [0, 0.1) is 11.8 Å². The van der Waals surface area contributed by atoms with Gasteiger partial charge in [0, 0.05) is 5.03 Å². The van der Waals surface area contributed by atoms with Gasteiger partial charge < -0.3 is 10.4 Å². The number of carbonyl (C=O) groups excluding carboxylic acids is 1. The Morgan fingerprint density at radius 2 is 1.94 bits per heavy atom. The molecule has 0 bridgehead atoms. The van der Waals surface area contributed by atoms with Crippen LogP contribution in [0.1, 0.15) is 12.8 Å². The third kappa shape index (κ3) is 3.38. The van der Waals surface area contributed by atoms with Crippen LogP contribution in [0.2, 0.25) is 0 Å². The van der Waals surface area contributed by atoms with Crippen molar-refractivity contribution in [3.05, 3.63) is 23.8 Å². The van der Waals surface area contributed by atoms with Gasteiger partial charge in [0.05, 0.1) is 18.4 Å². The molecule has 88 valence electrons. The highest BCUT2D eigenvalue weighted by Gasteiger charge is 2.33. The molecule has 2 N–H and O–H groups in total. The van der Waals surface area contributed by atoms with Gasteiger partial charge in [-0.05, 0) is 12.8 Å². The van der Waals surface area contributed by atoms with Gasteiger partial charge in [0.1, 0.15) is 0 Å². The topological polar surface area (TPSA) is 66.4 Å². The van der Waals surface area contributed by atoms with Gasteiger partial charge in [-0.3, -0.25) is 9.59 Å². The summed E-state index contributed by atoms with van der Waals surface area (Å²) in [5, 5.41) is 11.9. The molecule has 0 radical (unpaired) electrons. The molecule has 2 atom stereocenters. The van der Waals surface area contributed by atoms with Crippen molar-refractivity contribution in [2.45, 2.75) is 12.8 Å². The van der Waals surface area contributed by atoms with Crippen molar-refractivity contribution in [1.29, 1.82) is 0 Å². The molecule has 2 unspecified atom stereocenters. The maximum Gasteiger partial charge on any atom is 0.307 e. The molecule has 0 aromatic heterocycles. The molecule has 4 nitrogen and oxygen atoms in total. The lowest BCUT2D eigenvalue weighted by Gasteiger charge is -2.24. The molecule has 0 fully saturated rings. The molecule has 0 aliphatic heterocycles. The van der Waals surface area contributed by atoms with E-state index in [1.54, 1.807) is 6.08 Å². The second-order valence-corrected chi connectivity index (χ2v) is 4.26. The zero-order chi connectivity index (χ0) is 12.1. The van der Waals surface area contributed by atoms with Gasteiger partial charge in [-0.2, -0.15) is 0 Å². The zero-order valence-corrected chi connectivity index (χ0v) is 9.54. The number of amides is 1. The van der Waals surface area contributed by atoms with Gasteiger partial charge in [-0.15, -0.1) is 0 Å². The molecule has 0 aromatic rings. The highest BCUT2D eigenvalue weighted by Crippen LogP contribution is 2.25. The van der Waals surface area contributed by atoms with E-state index in [0.29, 0.717) is 17.9 Å². The number of hydrogen-bond acceptors (Lipinski definition) is 2. The van der Waals surface area contributed by atoms with Crippen molar-refractivity contribution < 1.29 is 14.7 Å². The Balaban J connectivity index is 2.62. The van der Waals surface area contributed by atoms with Crippen molar-refractivity contribution in [3.63, 3.8) is 0 Å². The van der Waals surface area contributed by atoms with Crippen LogP contribution in [0.25, 0.3) is 0 Å². The maximum atomic E-state index is 11.7. The largest absolute Gasteiger partial charge is 0.481 e. The van der Waals surface area contributed by atoms with E-state index < -0.39 is 17.8 Å². The van der Waals surface area contributed by atoms with Crippen LogP contribution in [-0.4, -0.2) is 23.5 Å². The minimum atomic E-state index is -0.936. The Morgan fingerprint density at radius 1 is 1.38 bits per heavy atom. The standard InChI is InChI=1S/C11H14ClNO3/c1-7(12)6-13-10(14)8-4-2-3-5-9(8)11(15)16/h2-3,8-9H,1,4-6H2,(H,13,14)(H,15,16). The minimum Gasteiger partial charge on any atom is -0.481 e. The lowest BCUT2D eigenvalue weighted by atomic mass is 9.82. The molecule has 0 heterocycles. The Labute approximate surface area is 99.0 Å². The van der Waals surface area contributed by atoms with Crippen LogP contribution < -0.4 is 5.32 Å². The van der Waals surface area contributed by atoms with Crippen LogP contribution in [0.15, 0.2) is 23.8 Å². The number of nitrogens with one attached hydrogen (secondary N) is 1. The second kappa shape index (κ2) is 5.70. The number of rotatable bonds is 4. The molecule has 5 heteroatoms. The average Bonchev–Trinajstić information content (AvgIpc) is 2.25. The number of carboxylic acids is 1. The molecule has 1 aliphatic rings. The third-order valence-electron chi connectivity index (χ3n) is 2.54. The van der Waals surface area contributed by atoms with E-state index in [9.17, 15) is 9.59 Å². The Bertz CT molecular complexity index is 338. The van der Waals surface area contributed by atoms with Crippen molar-refractivity contribution >= 4 is 23.5 Å². The summed E-state index contributed by atoms with van der Waals surface area (Å²) in [6.07, 6.45) is 4.48. The van der Waals surface area contributed by atoms with Crippen LogP contribution in [-0.2, 0) is 9.59 Å². The zero-order valence-electron chi connectivity index (χ0n) is 8.78. The molecule has 1 aliphatic carbocycles. The normalized spacial score (nSPS) is 23.8. The van der Waals surface area contributed by atoms with Crippen LogP contribution in [0.4, 0.5) is 0 Å². The fourth-order valence-corrected chi connectivity index (χ4v) is 1.76. The average molecular weight is 244 g/mol. The molecule has 1 rings (SSSR count). The van der Waals surface area contributed by atoms with Gasteiger partial charge >= 0.3 is 5.97 Å². The van der Waals surface area contributed by atoms with Gasteiger partial charge in [0.15, 0.2) is 0 Å². The predicted octanol–water partition coefficient (Wildman–Crippen LogP) is 1.52. The predicted molar refractivity (Wildman–Crippen MR) is 61.0 cm³/mol. The fraction of sp³-hybridized carbons (Fsp3) is 0.455. The molecule has 16 heavy (non-hydrogen) atoms. The highest BCUT2D eigenvalue weighted by molar-refractivity contribution is 6.29. The van der Waals surface area contributed by atoms with Gasteiger partial charge in [0.2, 0.25) is 5.91 Å². The smallest absolute Gasteiger partial charge is 0.307 e. The van der Waals surface area contributed by atoms with Gasteiger partial charge in [-0.25, -0.2) is 0 Å².